The lowest BCUT2D eigenvalue weighted by atomic mass is 9.87. The van der Waals surface area contributed by atoms with Crippen molar-refractivity contribution in [2.75, 3.05) is 6.16 Å². The molecule has 0 saturated carbocycles. The highest BCUT2D eigenvalue weighted by atomic mass is 31.0. The molecule has 0 bridgehead atoms. The fourth-order valence-corrected chi connectivity index (χ4v) is 2.22. The fraction of sp³-hybridized carbons (Fsp3) is 0.444. The van der Waals surface area contributed by atoms with Gasteiger partial charge in [0, 0.05) is 0 Å². The first-order chi connectivity index (χ1) is 9.06. The van der Waals surface area contributed by atoms with E-state index in [1.807, 2.05) is 6.08 Å². The molecule has 1 heteroatoms. The van der Waals surface area contributed by atoms with Gasteiger partial charge in [-0.1, -0.05) is 70.4 Å². The van der Waals surface area contributed by atoms with Crippen LogP contribution in [-0.4, -0.2) is 6.16 Å². The lowest BCUT2D eigenvalue weighted by Crippen LogP contribution is -2.07. The molecule has 0 heterocycles. The first-order valence-corrected chi connectivity index (χ1v) is 7.93. The Balaban J connectivity index is 4.77. The molecule has 0 aliphatic heterocycles. The number of hydrogen-bond acceptors (Lipinski definition) is 0. The maximum absolute atomic E-state index is 4.18. The Morgan fingerprint density at radius 2 is 1.95 bits per heavy atom. The molecule has 0 amide bonds. The van der Waals surface area contributed by atoms with Crippen LogP contribution in [0.1, 0.15) is 33.6 Å². The van der Waals surface area contributed by atoms with Crippen LogP contribution in [0.4, 0.5) is 0 Å². The summed E-state index contributed by atoms with van der Waals surface area (Å²) < 4.78 is 0. The molecule has 0 aliphatic rings. The standard InChI is InChI=1S/C18H29P/c1-6-8-9-10-12-16(4)18(11-7-2)17(5)13-15(3)14-19/h7-12,15,17H,2,4,6,13-14,19H2,1,3,5H3/b9-8-,12-10-,18-11+/t15-,17+/m1/s1. The molecule has 0 aromatic carbocycles. The molecule has 19 heavy (non-hydrogen) atoms. The number of rotatable bonds is 9. The van der Waals surface area contributed by atoms with Crippen LogP contribution in [0.15, 0.2) is 60.8 Å². The Hall–Kier alpha value is -0.870. The van der Waals surface area contributed by atoms with Gasteiger partial charge in [-0.2, -0.15) is 0 Å². The van der Waals surface area contributed by atoms with E-state index >= 15 is 0 Å². The van der Waals surface area contributed by atoms with Gasteiger partial charge in [-0.15, -0.1) is 9.24 Å². The second-order valence-corrected chi connectivity index (χ2v) is 5.53. The Bertz CT molecular complexity index is 358. The molecule has 106 valence electrons. The highest BCUT2D eigenvalue weighted by Gasteiger charge is 2.12. The van der Waals surface area contributed by atoms with E-state index in [9.17, 15) is 0 Å². The van der Waals surface area contributed by atoms with E-state index in [0.29, 0.717) is 11.8 Å². The van der Waals surface area contributed by atoms with Crippen molar-refractivity contribution in [3.05, 3.63) is 60.8 Å². The van der Waals surface area contributed by atoms with Crippen molar-refractivity contribution in [2.24, 2.45) is 11.8 Å². The zero-order chi connectivity index (χ0) is 14.7. The smallest absolute Gasteiger partial charge is 0.0182 e. The van der Waals surface area contributed by atoms with Crippen molar-refractivity contribution >= 4 is 9.24 Å². The van der Waals surface area contributed by atoms with Crippen molar-refractivity contribution < 1.29 is 0 Å². The van der Waals surface area contributed by atoms with Gasteiger partial charge in [-0.25, -0.2) is 0 Å². The van der Waals surface area contributed by atoms with E-state index < -0.39 is 0 Å². The van der Waals surface area contributed by atoms with Crippen molar-refractivity contribution in [3.8, 4) is 0 Å². The average molecular weight is 276 g/mol. The summed E-state index contributed by atoms with van der Waals surface area (Å²) in [4.78, 5) is 0. The third kappa shape index (κ3) is 8.01. The van der Waals surface area contributed by atoms with Crippen molar-refractivity contribution in [3.63, 3.8) is 0 Å². The van der Waals surface area contributed by atoms with Crippen LogP contribution < -0.4 is 0 Å². The maximum atomic E-state index is 4.18. The van der Waals surface area contributed by atoms with Crippen LogP contribution in [0.5, 0.6) is 0 Å². The van der Waals surface area contributed by atoms with Crippen LogP contribution in [-0.2, 0) is 0 Å². The molecule has 0 aromatic heterocycles. The zero-order valence-electron chi connectivity index (χ0n) is 12.7. The highest BCUT2D eigenvalue weighted by Crippen LogP contribution is 2.26. The fourth-order valence-electron chi connectivity index (χ4n) is 2.02. The second kappa shape index (κ2) is 11.0. The SMILES string of the molecule is C=C/C=C(\C(=C)/C=C\C=C/CC)[C@@H](C)C[C@@H](C)CP. The summed E-state index contributed by atoms with van der Waals surface area (Å²) in [6, 6.07) is 0. The van der Waals surface area contributed by atoms with Gasteiger partial charge in [0.1, 0.15) is 0 Å². The minimum absolute atomic E-state index is 0.515. The normalized spacial score (nSPS) is 15.9. The minimum Gasteiger partial charge on any atom is -0.137 e. The van der Waals surface area contributed by atoms with E-state index in [2.05, 4.69) is 73.5 Å². The minimum atomic E-state index is 0.515. The van der Waals surface area contributed by atoms with Gasteiger partial charge in [-0.05, 0) is 42.0 Å². The number of hydrogen-bond donors (Lipinski definition) is 0. The Kier molecular flexibility index (Phi) is 10.5. The lowest BCUT2D eigenvalue weighted by molar-refractivity contribution is 0.496. The third-order valence-electron chi connectivity index (χ3n) is 3.14. The van der Waals surface area contributed by atoms with E-state index in [1.54, 1.807) is 0 Å². The van der Waals surface area contributed by atoms with Crippen LogP contribution >= 0.6 is 9.24 Å². The van der Waals surface area contributed by atoms with Crippen LogP contribution in [0.25, 0.3) is 0 Å². The molecule has 0 nitrogen and oxygen atoms in total. The van der Waals surface area contributed by atoms with Gasteiger partial charge < -0.3 is 0 Å². The summed E-state index contributed by atoms with van der Waals surface area (Å²) in [6.45, 7) is 14.7. The second-order valence-electron chi connectivity index (χ2n) is 5.06. The topological polar surface area (TPSA) is 0 Å². The molecule has 0 saturated heterocycles. The zero-order valence-corrected chi connectivity index (χ0v) is 13.9. The molecule has 1 unspecified atom stereocenters. The molecule has 0 spiro atoms. The van der Waals surface area contributed by atoms with E-state index in [4.69, 9.17) is 0 Å². The van der Waals surface area contributed by atoms with Gasteiger partial charge in [0.25, 0.3) is 0 Å². The van der Waals surface area contributed by atoms with Crippen molar-refractivity contribution in [1.29, 1.82) is 0 Å². The predicted octanol–water partition coefficient (Wildman–Crippen LogP) is 5.71. The Morgan fingerprint density at radius 3 is 2.47 bits per heavy atom. The third-order valence-corrected chi connectivity index (χ3v) is 3.94. The van der Waals surface area contributed by atoms with Gasteiger partial charge in [0.15, 0.2) is 0 Å². The molecular formula is C18H29P. The summed E-state index contributed by atoms with van der Waals surface area (Å²) in [5.41, 5.74) is 2.38. The summed E-state index contributed by atoms with van der Waals surface area (Å²) in [5.74, 6) is 1.23. The maximum Gasteiger partial charge on any atom is -0.0182 e. The van der Waals surface area contributed by atoms with Gasteiger partial charge in [0.2, 0.25) is 0 Å². The monoisotopic (exact) mass is 276 g/mol. The van der Waals surface area contributed by atoms with E-state index in [1.165, 1.54) is 12.0 Å². The molecule has 0 radical (unpaired) electrons. The van der Waals surface area contributed by atoms with Crippen molar-refractivity contribution in [1.82, 2.24) is 0 Å². The van der Waals surface area contributed by atoms with Crippen LogP contribution in [0, 0.1) is 11.8 Å². The summed E-state index contributed by atoms with van der Waals surface area (Å²) in [5, 5.41) is 0. The largest absolute Gasteiger partial charge is 0.137 e. The average Bonchev–Trinajstić information content (AvgIpc) is 2.40. The molecular weight excluding hydrogens is 247 g/mol. The Morgan fingerprint density at radius 1 is 1.26 bits per heavy atom. The molecule has 0 aromatic rings. The Labute approximate surface area is 122 Å². The van der Waals surface area contributed by atoms with E-state index in [-0.39, 0.29) is 0 Å². The van der Waals surface area contributed by atoms with Gasteiger partial charge in [-0.3, -0.25) is 0 Å². The van der Waals surface area contributed by atoms with Crippen LogP contribution in [0.3, 0.4) is 0 Å². The van der Waals surface area contributed by atoms with Gasteiger partial charge >= 0.3 is 0 Å². The summed E-state index contributed by atoms with van der Waals surface area (Å²) >= 11 is 0. The van der Waals surface area contributed by atoms with Gasteiger partial charge in [0.05, 0.1) is 0 Å². The molecule has 0 rings (SSSR count). The summed E-state index contributed by atoms with van der Waals surface area (Å²) in [7, 11) is 2.82. The van der Waals surface area contributed by atoms with E-state index in [0.717, 1.165) is 18.2 Å². The number of allylic oxidation sites excluding steroid dienone is 8. The first-order valence-electron chi connectivity index (χ1n) is 7.11. The molecule has 0 aliphatic carbocycles. The first kappa shape index (κ1) is 18.1. The molecule has 0 fully saturated rings. The molecule has 3 atom stereocenters. The quantitative estimate of drug-likeness (QED) is 0.373. The lowest BCUT2D eigenvalue weighted by Gasteiger charge is -2.19. The predicted molar refractivity (Wildman–Crippen MR) is 93.5 cm³/mol. The summed E-state index contributed by atoms with van der Waals surface area (Å²) in [6.07, 6.45) is 15.7. The van der Waals surface area contributed by atoms with Crippen LogP contribution in [0.2, 0.25) is 0 Å². The highest BCUT2D eigenvalue weighted by molar-refractivity contribution is 7.16. The van der Waals surface area contributed by atoms with Crippen molar-refractivity contribution in [2.45, 2.75) is 33.6 Å². The molecule has 0 N–H and O–H groups in total.